The number of thiazole rings is 1. The van der Waals surface area contributed by atoms with E-state index < -0.39 is 0 Å². The quantitative estimate of drug-likeness (QED) is 0.832. The van der Waals surface area contributed by atoms with Crippen molar-refractivity contribution in [2.45, 2.75) is 26.2 Å². The van der Waals surface area contributed by atoms with Gasteiger partial charge >= 0.3 is 0 Å². The van der Waals surface area contributed by atoms with Crippen molar-refractivity contribution in [1.29, 1.82) is 5.26 Å². The molecule has 2 rings (SSSR count). The molecule has 0 spiro atoms. The highest BCUT2D eigenvalue weighted by Crippen LogP contribution is 2.26. The maximum absolute atomic E-state index is 8.71. The molecule has 19 heavy (non-hydrogen) atoms. The van der Waals surface area contributed by atoms with Crippen LogP contribution in [0.25, 0.3) is 0 Å². The Balaban J connectivity index is 1.94. The van der Waals surface area contributed by atoms with Crippen molar-refractivity contribution in [3.63, 3.8) is 0 Å². The molecule has 0 amide bonds. The first-order valence-corrected chi connectivity index (χ1v) is 7.15. The zero-order chi connectivity index (χ0) is 13.7. The van der Waals surface area contributed by atoms with Gasteiger partial charge in [-0.25, -0.2) is 4.98 Å². The summed E-state index contributed by atoms with van der Waals surface area (Å²) in [6.45, 7) is 4.90. The summed E-state index contributed by atoms with van der Waals surface area (Å²) in [5.41, 5.74) is 1.71. The van der Waals surface area contributed by atoms with Crippen LogP contribution in [0.5, 0.6) is 5.75 Å². The van der Waals surface area contributed by atoms with E-state index in [0.29, 0.717) is 18.2 Å². The monoisotopic (exact) mass is 272 g/mol. The van der Waals surface area contributed by atoms with E-state index in [1.165, 1.54) is 16.9 Å². The van der Waals surface area contributed by atoms with Crippen molar-refractivity contribution in [3.8, 4) is 11.8 Å². The van der Waals surface area contributed by atoms with Gasteiger partial charge in [0.1, 0.15) is 11.8 Å². The SMILES string of the molecule is CC(C)c1ccccc1OCCc1nc(C#N)cs1. The van der Waals surface area contributed by atoms with Gasteiger partial charge in [-0.05, 0) is 17.5 Å². The number of nitriles is 1. The van der Waals surface area contributed by atoms with Crippen LogP contribution >= 0.6 is 11.3 Å². The van der Waals surface area contributed by atoms with Gasteiger partial charge in [0.05, 0.1) is 11.6 Å². The van der Waals surface area contributed by atoms with Gasteiger partial charge in [0, 0.05) is 11.8 Å². The molecule has 1 aromatic heterocycles. The molecule has 0 aliphatic heterocycles. The van der Waals surface area contributed by atoms with Crippen LogP contribution in [0, 0.1) is 11.3 Å². The Bertz CT molecular complexity index is 584. The smallest absolute Gasteiger partial charge is 0.151 e. The van der Waals surface area contributed by atoms with Crippen LogP contribution in [0.15, 0.2) is 29.6 Å². The summed E-state index contributed by atoms with van der Waals surface area (Å²) in [5.74, 6) is 1.39. The Labute approximate surface area is 117 Å². The first kappa shape index (κ1) is 13.6. The van der Waals surface area contributed by atoms with E-state index in [4.69, 9.17) is 10.00 Å². The standard InChI is InChI=1S/C15H16N2OS/c1-11(2)13-5-3-4-6-14(13)18-8-7-15-17-12(9-16)10-19-15/h3-6,10-11H,7-8H2,1-2H3. The third-order valence-electron chi connectivity index (χ3n) is 2.78. The molecule has 0 aliphatic carbocycles. The Morgan fingerprint density at radius 2 is 2.16 bits per heavy atom. The molecule has 0 saturated carbocycles. The number of rotatable bonds is 5. The zero-order valence-corrected chi connectivity index (χ0v) is 11.9. The van der Waals surface area contributed by atoms with E-state index >= 15 is 0 Å². The highest BCUT2D eigenvalue weighted by Gasteiger charge is 2.07. The topological polar surface area (TPSA) is 45.9 Å². The van der Waals surface area contributed by atoms with Crippen molar-refractivity contribution < 1.29 is 4.74 Å². The number of aromatic nitrogens is 1. The van der Waals surface area contributed by atoms with Crippen LogP contribution in [0.4, 0.5) is 0 Å². The molecule has 0 atom stereocenters. The molecule has 0 bridgehead atoms. The minimum absolute atomic E-state index is 0.446. The Morgan fingerprint density at radius 3 is 2.84 bits per heavy atom. The first-order valence-electron chi connectivity index (χ1n) is 6.27. The molecule has 1 aromatic carbocycles. The van der Waals surface area contributed by atoms with E-state index in [1.807, 2.05) is 24.3 Å². The molecule has 0 saturated heterocycles. The third kappa shape index (κ3) is 3.55. The second-order valence-corrected chi connectivity index (χ2v) is 5.47. The predicted octanol–water partition coefficient (Wildman–Crippen LogP) is 3.76. The third-order valence-corrected chi connectivity index (χ3v) is 3.69. The van der Waals surface area contributed by atoms with Crippen LogP contribution in [0.2, 0.25) is 0 Å². The van der Waals surface area contributed by atoms with Gasteiger partial charge < -0.3 is 4.74 Å². The Kier molecular flexibility index (Phi) is 4.53. The molecule has 1 heterocycles. The van der Waals surface area contributed by atoms with Crippen LogP contribution in [-0.4, -0.2) is 11.6 Å². The average molecular weight is 272 g/mol. The Hall–Kier alpha value is -1.86. The van der Waals surface area contributed by atoms with Gasteiger partial charge in [-0.1, -0.05) is 32.0 Å². The lowest BCUT2D eigenvalue weighted by Gasteiger charge is -2.13. The van der Waals surface area contributed by atoms with Crippen molar-refractivity contribution in [2.75, 3.05) is 6.61 Å². The molecule has 0 unspecified atom stereocenters. The molecule has 0 radical (unpaired) electrons. The number of ether oxygens (including phenoxy) is 1. The number of benzene rings is 1. The molecule has 4 heteroatoms. The fourth-order valence-electron chi connectivity index (χ4n) is 1.81. The minimum atomic E-state index is 0.446. The summed E-state index contributed by atoms with van der Waals surface area (Å²) >= 11 is 1.51. The molecular formula is C15H16N2OS. The zero-order valence-electron chi connectivity index (χ0n) is 11.1. The summed E-state index contributed by atoms with van der Waals surface area (Å²) < 4.78 is 5.83. The van der Waals surface area contributed by atoms with Crippen molar-refractivity contribution in [2.24, 2.45) is 0 Å². The summed E-state index contributed by atoms with van der Waals surface area (Å²) in [6, 6.07) is 10.1. The fourth-order valence-corrected chi connectivity index (χ4v) is 2.52. The second-order valence-electron chi connectivity index (χ2n) is 4.53. The predicted molar refractivity (Wildman–Crippen MR) is 76.6 cm³/mol. The molecule has 0 fully saturated rings. The summed E-state index contributed by atoms with van der Waals surface area (Å²) in [5, 5.41) is 11.4. The van der Waals surface area contributed by atoms with Crippen LogP contribution < -0.4 is 4.74 Å². The molecule has 98 valence electrons. The minimum Gasteiger partial charge on any atom is -0.493 e. The second kappa shape index (κ2) is 6.35. The van der Waals surface area contributed by atoms with Gasteiger partial charge in [0.2, 0.25) is 0 Å². The van der Waals surface area contributed by atoms with E-state index in [-0.39, 0.29) is 0 Å². The summed E-state index contributed by atoms with van der Waals surface area (Å²) in [7, 11) is 0. The number of nitrogens with zero attached hydrogens (tertiary/aromatic N) is 2. The van der Waals surface area contributed by atoms with Gasteiger partial charge in [-0.3, -0.25) is 0 Å². The largest absolute Gasteiger partial charge is 0.493 e. The van der Waals surface area contributed by atoms with Gasteiger partial charge in [-0.2, -0.15) is 5.26 Å². The molecule has 2 aromatic rings. The normalized spacial score (nSPS) is 10.4. The van der Waals surface area contributed by atoms with Gasteiger partial charge in [-0.15, -0.1) is 11.3 Å². The van der Waals surface area contributed by atoms with E-state index in [0.717, 1.165) is 17.2 Å². The van der Waals surface area contributed by atoms with E-state index in [9.17, 15) is 0 Å². The number of hydrogen-bond donors (Lipinski definition) is 0. The highest BCUT2D eigenvalue weighted by atomic mass is 32.1. The van der Waals surface area contributed by atoms with E-state index in [1.54, 1.807) is 5.38 Å². The number of hydrogen-bond acceptors (Lipinski definition) is 4. The molecular weight excluding hydrogens is 256 g/mol. The average Bonchev–Trinajstić information content (AvgIpc) is 2.87. The molecule has 0 N–H and O–H groups in total. The van der Waals surface area contributed by atoms with Crippen LogP contribution in [0.3, 0.4) is 0 Å². The van der Waals surface area contributed by atoms with Crippen LogP contribution in [-0.2, 0) is 6.42 Å². The van der Waals surface area contributed by atoms with Crippen molar-refractivity contribution in [3.05, 3.63) is 45.9 Å². The molecule has 0 aliphatic rings. The van der Waals surface area contributed by atoms with Gasteiger partial charge in [0.15, 0.2) is 5.69 Å². The van der Waals surface area contributed by atoms with E-state index in [2.05, 4.69) is 24.9 Å². The fraction of sp³-hybridized carbons (Fsp3) is 0.333. The van der Waals surface area contributed by atoms with Crippen molar-refractivity contribution in [1.82, 2.24) is 4.98 Å². The maximum Gasteiger partial charge on any atom is 0.151 e. The lowest BCUT2D eigenvalue weighted by atomic mass is 10.0. The highest BCUT2D eigenvalue weighted by molar-refractivity contribution is 7.09. The van der Waals surface area contributed by atoms with Crippen molar-refractivity contribution >= 4 is 11.3 Å². The van der Waals surface area contributed by atoms with Crippen LogP contribution in [0.1, 0.15) is 36.0 Å². The molecule has 3 nitrogen and oxygen atoms in total. The Morgan fingerprint density at radius 1 is 1.37 bits per heavy atom. The number of para-hydroxylation sites is 1. The lowest BCUT2D eigenvalue weighted by Crippen LogP contribution is -2.04. The maximum atomic E-state index is 8.71. The van der Waals surface area contributed by atoms with Gasteiger partial charge in [0.25, 0.3) is 0 Å². The summed E-state index contributed by atoms with van der Waals surface area (Å²) in [6.07, 6.45) is 0.735. The summed E-state index contributed by atoms with van der Waals surface area (Å²) in [4.78, 5) is 4.19. The first-order chi connectivity index (χ1) is 9.20. The lowest BCUT2D eigenvalue weighted by molar-refractivity contribution is 0.317.